The Morgan fingerprint density at radius 3 is 2.71 bits per heavy atom. The van der Waals surface area contributed by atoms with Crippen LogP contribution in [0.2, 0.25) is 0 Å². The first-order valence-electron chi connectivity index (χ1n) is 7.44. The molecule has 4 nitrogen and oxygen atoms in total. The number of benzene rings is 1. The average molecular weight is 290 g/mol. The van der Waals surface area contributed by atoms with Crippen LogP contribution in [0, 0.1) is 12.7 Å². The molecule has 2 aliphatic rings. The highest BCUT2D eigenvalue weighted by atomic mass is 19.1. The third kappa shape index (κ3) is 2.64. The summed E-state index contributed by atoms with van der Waals surface area (Å²) in [4.78, 5) is 28.2. The summed E-state index contributed by atoms with van der Waals surface area (Å²) in [5.74, 6) is -0.400. The molecule has 0 bridgehead atoms. The number of hydrogen-bond acceptors (Lipinski definition) is 2. The zero-order valence-corrected chi connectivity index (χ0v) is 12.1. The monoisotopic (exact) mass is 290 g/mol. The molecule has 2 amide bonds. The highest BCUT2D eigenvalue weighted by Gasteiger charge is 2.38. The smallest absolute Gasteiger partial charge is 0.249 e. The van der Waals surface area contributed by atoms with Crippen molar-refractivity contribution in [3.63, 3.8) is 0 Å². The number of aryl methyl sites for hydroxylation is 1. The normalized spacial score (nSPS) is 23.0. The summed E-state index contributed by atoms with van der Waals surface area (Å²) >= 11 is 0. The lowest BCUT2D eigenvalue weighted by Gasteiger charge is -2.34. The van der Waals surface area contributed by atoms with E-state index in [1.807, 2.05) is 0 Å². The lowest BCUT2D eigenvalue weighted by atomic mass is 10.0. The summed E-state index contributed by atoms with van der Waals surface area (Å²) < 4.78 is 13.6. The van der Waals surface area contributed by atoms with Crippen molar-refractivity contribution in [2.75, 3.05) is 18.0 Å². The summed E-state index contributed by atoms with van der Waals surface area (Å²) in [5.41, 5.74) is 1.33. The van der Waals surface area contributed by atoms with Crippen molar-refractivity contribution in [1.82, 2.24) is 4.90 Å². The summed E-state index contributed by atoms with van der Waals surface area (Å²) in [6, 6.07) is 4.22. The van der Waals surface area contributed by atoms with E-state index in [2.05, 4.69) is 0 Å². The SMILES string of the molecule is Cc1cc(F)cc(N2CCC(=O)N3CCCCC3C2=O)c1. The molecule has 5 heteroatoms. The van der Waals surface area contributed by atoms with Crippen molar-refractivity contribution in [1.29, 1.82) is 0 Å². The van der Waals surface area contributed by atoms with E-state index in [0.717, 1.165) is 18.4 Å². The minimum Gasteiger partial charge on any atom is -0.331 e. The van der Waals surface area contributed by atoms with E-state index in [-0.39, 0.29) is 23.7 Å². The molecule has 0 saturated carbocycles. The van der Waals surface area contributed by atoms with E-state index in [4.69, 9.17) is 0 Å². The van der Waals surface area contributed by atoms with Gasteiger partial charge in [-0.25, -0.2) is 4.39 Å². The summed E-state index contributed by atoms with van der Waals surface area (Å²) in [5, 5.41) is 0. The summed E-state index contributed by atoms with van der Waals surface area (Å²) in [6.45, 7) is 2.78. The van der Waals surface area contributed by atoms with E-state index in [9.17, 15) is 14.0 Å². The van der Waals surface area contributed by atoms with E-state index >= 15 is 0 Å². The van der Waals surface area contributed by atoms with Gasteiger partial charge in [-0.05, 0) is 49.9 Å². The number of hydrogen-bond donors (Lipinski definition) is 0. The third-order valence-electron chi connectivity index (χ3n) is 4.26. The van der Waals surface area contributed by atoms with Crippen LogP contribution in [0.15, 0.2) is 18.2 Å². The molecule has 1 unspecified atom stereocenters. The van der Waals surface area contributed by atoms with Crippen LogP contribution in [0.1, 0.15) is 31.2 Å². The van der Waals surface area contributed by atoms with Gasteiger partial charge >= 0.3 is 0 Å². The van der Waals surface area contributed by atoms with Gasteiger partial charge in [0.05, 0.1) is 0 Å². The molecule has 2 heterocycles. The number of carbonyl (C=O) groups excluding carboxylic acids is 2. The minimum absolute atomic E-state index is 0.0312. The Labute approximate surface area is 123 Å². The Hall–Kier alpha value is -1.91. The first-order chi connectivity index (χ1) is 10.1. The van der Waals surface area contributed by atoms with E-state index in [1.54, 1.807) is 22.8 Å². The van der Waals surface area contributed by atoms with E-state index in [0.29, 0.717) is 31.6 Å². The van der Waals surface area contributed by atoms with Crippen LogP contribution < -0.4 is 4.90 Å². The fourth-order valence-corrected chi connectivity index (χ4v) is 3.26. The van der Waals surface area contributed by atoms with Gasteiger partial charge in [0.25, 0.3) is 0 Å². The molecule has 0 aliphatic carbocycles. The van der Waals surface area contributed by atoms with Crippen molar-refractivity contribution >= 4 is 17.5 Å². The number of fused-ring (bicyclic) bond motifs is 1. The molecule has 1 aromatic carbocycles. The summed E-state index contributed by atoms with van der Waals surface area (Å²) in [7, 11) is 0. The topological polar surface area (TPSA) is 40.6 Å². The fraction of sp³-hybridized carbons (Fsp3) is 0.500. The molecule has 3 rings (SSSR count). The van der Waals surface area contributed by atoms with Gasteiger partial charge in [0, 0.05) is 25.2 Å². The first kappa shape index (κ1) is 14.0. The van der Waals surface area contributed by atoms with Crippen LogP contribution in [-0.4, -0.2) is 35.8 Å². The van der Waals surface area contributed by atoms with Crippen LogP contribution in [-0.2, 0) is 9.59 Å². The van der Waals surface area contributed by atoms with Crippen molar-refractivity contribution in [3.05, 3.63) is 29.6 Å². The highest BCUT2D eigenvalue weighted by Crippen LogP contribution is 2.27. The van der Waals surface area contributed by atoms with Gasteiger partial charge < -0.3 is 9.80 Å². The van der Waals surface area contributed by atoms with Gasteiger partial charge in [-0.15, -0.1) is 0 Å². The Kier molecular flexibility index (Phi) is 3.66. The fourth-order valence-electron chi connectivity index (χ4n) is 3.26. The molecule has 21 heavy (non-hydrogen) atoms. The number of amides is 2. The predicted molar refractivity (Wildman–Crippen MR) is 77.5 cm³/mol. The zero-order chi connectivity index (χ0) is 15.0. The molecule has 2 fully saturated rings. The van der Waals surface area contributed by atoms with Gasteiger partial charge in [-0.3, -0.25) is 9.59 Å². The average Bonchev–Trinajstić information content (AvgIpc) is 2.57. The molecule has 2 saturated heterocycles. The van der Waals surface area contributed by atoms with Gasteiger partial charge in [-0.1, -0.05) is 0 Å². The van der Waals surface area contributed by atoms with Crippen molar-refractivity contribution < 1.29 is 14.0 Å². The maximum Gasteiger partial charge on any atom is 0.249 e. The van der Waals surface area contributed by atoms with Crippen LogP contribution in [0.5, 0.6) is 0 Å². The maximum absolute atomic E-state index is 13.6. The molecule has 0 radical (unpaired) electrons. The number of piperidine rings is 1. The highest BCUT2D eigenvalue weighted by molar-refractivity contribution is 6.01. The van der Waals surface area contributed by atoms with Crippen LogP contribution in [0.25, 0.3) is 0 Å². The predicted octanol–water partition coefficient (Wildman–Crippen LogP) is 2.25. The Balaban J connectivity index is 1.95. The third-order valence-corrected chi connectivity index (χ3v) is 4.26. The minimum atomic E-state index is -0.377. The second-order valence-corrected chi connectivity index (χ2v) is 5.83. The summed E-state index contributed by atoms with van der Waals surface area (Å²) in [6.07, 6.45) is 2.91. The van der Waals surface area contributed by atoms with Crippen LogP contribution in [0.3, 0.4) is 0 Å². The standard InChI is InChI=1S/C16H19FN2O2/c1-11-8-12(17)10-13(9-11)18-7-5-15(20)19-6-3-2-4-14(19)16(18)21/h8-10,14H,2-7H2,1H3. The lowest BCUT2D eigenvalue weighted by Crippen LogP contribution is -2.49. The molecular formula is C16H19FN2O2. The number of halogens is 1. The molecule has 1 atom stereocenters. The zero-order valence-electron chi connectivity index (χ0n) is 12.1. The second kappa shape index (κ2) is 5.47. The van der Waals surface area contributed by atoms with E-state index in [1.165, 1.54) is 12.1 Å². The second-order valence-electron chi connectivity index (χ2n) is 5.83. The number of nitrogens with zero attached hydrogens (tertiary/aromatic N) is 2. The van der Waals surface area contributed by atoms with Crippen LogP contribution in [0.4, 0.5) is 10.1 Å². The van der Waals surface area contributed by atoms with Gasteiger partial charge in [0.2, 0.25) is 11.8 Å². The van der Waals surface area contributed by atoms with Crippen molar-refractivity contribution in [2.45, 2.75) is 38.6 Å². The van der Waals surface area contributed by atoms with E-state index < -0.39 is 0 Å². The number of carbonyl (C=O) groups is 2. The molecule has 1 aromatic rings. The van der Waals surface area contributed by atoms with Gasteiger partial charge in [0.1, 0.15) is 11.9 Å². The van der Waals surface area contributed by atoms with Crippen LogP contribution >= 0.6 is 0 Å². The van der Waals surface area contributed by atoms with Gasteiger partial charge in [-0.2, -0.15) is 0 Å². The molecule has 0 spiro atoms. The lowest BCUT2D eigenvalue weighted by molar-refractivity contribution is -0.138. The van der Waals surface area contributed by atoms with Crippen molar-refractivity contribution in [2.24, 2.45) is 0 Å². The molecule has 0 N–H and O–H groups in total. The molecule has 0 aromatic heterocycles. The number of rotatable bonds is 1. The Morgan fingerprint density at radius 2 is 1.95 bits per heavy atom. The molecule has 2 aliphatic heterocycles. The first-order valence-corrected chi connectivity index (χ1v) is 7.44. The van der Waals surface area contributed by atoms with Crippen molar-refractivity contribution in [3.8, 4) is 0 Å². The molecule has 112 valence electrons. The molecular weight excluding hydrogens is 271 g/mol. The quantitative estimate of drug-likeness (QED) is 0.796. The number of anilines is 1. The Morgan fingerprint density at radius 1 is 1.14 bits per heavy atom. The Bertz CT molecular complexity index is 567. The largest absolute Gasteiger partial charge is 0.331 e. The maximum atomic E-state index is 13.6. The van der Waals surface area contributed by atoms with Gasteiger partial charge in [0.15, 0.2) is 0 Å².